The Bertz CT molecular complexity index is 1050. The van der Waals surface area contributed by atoms with E-state index in [1.54, 1.807) is 18.3 Å². The van der Waals surface area contributed by atoms with Crippen molar-refractivity contribution in [2.45, 2.75) is 13.5 Å². The third kappa shape index (κ3) is 3.32. The number of nitrogens with zero attached hydrogens (tertiary/aromatic N) is 5. The number of hydrogen-bond acceptors (Lipinski definition) is 6. The Hall–Kier alpha value is -3.48. The number of nitrogens with one attached hydrogen (secondary N) is 1. The van der Waals surface area contributed by atoms with Crippen molar-refractivity contribution in [2.24, 2.45) is 0 Å². The molecule has 3 aromatic heterocycles. The van der Waals surface area contributed by atoms with Gasteiger partial charge in [0.05, 0.1) is 35.3 Å². The standard InChI is InChI=1S/C19H15FN6/c1-12-2-7-15(26-25-12)9-22-19-16-8-17(13-3-5-14(20)6-4-13)21-10-18(16)23-11-24-19/h2-8,10-11H,9H2,1H3,(H,22,23,24). The molecule has 0 amide bonds. The number of halogens is 1. The summed E-state index contributed by atoms with van der Waals surface area (Å²) in [7, 11) is 0. The van der Waals surface area contributed by atoms with E-state index in [1.807, 2.05) is 25.1 Å². The Kier molecular flexibility index (Phi) is 4.18. The first kappa shape index (κ1) is 16.0. The Morgan fingerprint density at radius 3 is 2.58 bits per heavy atom. The van der Waals surface area contributed by atoms with Gasteiger partial charge in [-0.25, -0.2) is 14.4 Å². The second kappa shape index (κ2) is 6.79. The molecule has 0 aliphatic heterocycles. The van der Waals surface area contributed by atoms with Crippen molar-refractivity contribution in [3.8, 4) is 11.3 Å². The predicted octanol–water partition coefficient (Wildman–Crippen LogP) is 3.54. The van der Waals surface area contributed by atoms with Crippen molar-refractivity contribution in [2.75, 3.05) is 5.32 Å². The molecule has 3 heterocycles. The summed E-state index contributed by atoms with van der Waals surface area (Å²) in [6.45, 7) is 2.39. The molecule has 0 bridgehead atoms. The highest BCUT2D eigenvalue weighted by Gasteiger charge is 2.08. The highest BCUT2D eigenvalue weighted by molar-refractivity contribution is 5.90. The van der Waals surface area contributed by atoms with Gasteiger partial charge in [0.1, 0.15) is 18.0 Å². The van der Waals surface area contributed by atoms with E-state index < -0.39 is 0 Å². The predicted molar refractivity (Wildman–Crippen MR) is 96.8 cm³/mol. The largest absolute Gasteiger partial charge is 0.364 e. The molecule has 4 rings (SSSR count). The molecule has 1 aromatic carbocycles. The minimum absolute atomic E-state index is 0.278. The molecular weight excluding hydrogens is 331 g/mol. The summed E-state index contributed by atoms with van der Waals surface area (Å²) < 4.78 is 13.1. The highest BCUT2D eigenvalue weighted by atomic mass is 19.1. The zero-order valence-corrected chi connectivity index (χ0v) is 14.0. The molecule has 1 N–H and O–H groups in total. The van der Waals surface area contributed by atoms with Crippen LogP contribution >= 0.6 is 0 Å². The minimum Gasteiger partial charge on any atom is -0.364 e. The zero-order valence-electron chi connectivity index (χ0n) is 14.0. The smallest absolute Gasteiger partial charge is 0.137 e. The van der Waals surface area contributed by atoms with Crippen LogP contribution in [0, 0.1) is 12.7 Å². The quantitative estimate of drug-likeness (QED) is 0.609. The third-order valence-electron chi connectivity index (χ3n) is 3.95. The van der Waals surface area contributed by atoms with Crippen LogP contribution in [0.15, 0.2) is 55.0 Å². The Labute approximate surface area is 149 Å². The Morgan fingerprint density at radius 2 is 1.81 bits per heavy atom. The van der Waals surface area contributed by atoms with Crippen LogP contribution in [-0.2, 0) is 6.54 Å². The maximum absolute atomic E-state index is 13.1. The van der Waals surface area contributed by atoms with Crippen molar-refractivity contribution < 1.29 is 4.39 Å². The molecular formula is C19H15FN6. The Balaban J connectivity index is 1.66. The SMILES string of the molecule is Cc1ccc(CNc2ncnc3cnc(-c4ccc(F)cc4)cc23)nn1. The summed E-state index contributed by atoms with van der Waals surface area (Å²) in [5.74, 6) is 0.405. The summed E-state index contributed by atoms with van der Waals surface area (Å²) in [5.41, 5.74) is 3.97. The van der Waals surface area contributed by atoms with Crippen molar-refractivity contribution >= 4 is 16.7 Å². The molecule has 0 saturated heterocycles. The van der Waals surface area contributed by atoms with Crippen LogP contribution in [0.1, 0.15) is 11.4 Å². The average molecular weight is 346 g/mol. The van der Waals surface area contributed by atoms with Crippen LogP contribution in [0.5, 0.6) is 0 Å². The third-order valence-corrected chi connectivity index (χ3v) is 3.95. The van der Waals surface area contributed by atoms with E-state index in [1.165, 1.54) is 18.5 Å². The number of benzene rings is 1. The van der Waals surface area contributed by atoms with Gasteiger partial charge in [-0.15, -0.1) is 0 Å². The van der Waals surface area contributed by atoms with E-state index >= 15 is 0 Å². The molecule has 0 saturated carbocycles. The molecule has 0 fully saturated rings. The number of hydrogen-bond donors (Lipinski definition) is 1. The average Bonchev–Trinajstić information content (AvgIpc) is 2.68. The second-order valence-electron chi connectivity index (χ2n) is 5.84. The lowest BCUT2D eigenvalue weighted by Crippen LogP contribution is -2.05. The Morgan fingerprint density at radius 1 is 0.962 bits per heavy atom. The van der Waals surface area contributed by atoms with E-state index in [9.17, 15) is 4.39 Å². The fourth-order valence-electron chi connectivity index (χ4n) is 2.57. The fraction of sp³-hybridized carbons (Fsp3) is 0.105. The van der Waals surface area contributed by atoms with Gasteiger partial charge in [-0.1, -0.05) is 0 Å². The first-order valence-corrected chi connectivity index (χ1v) is 8.09. The lowest BCUT2D eigenvalue weighted by atomic mass is 10.1. The van der Waals surface area contributed by atoms with Gasteiger partial charge in [-0.2, -0.15) is 10.2 Å². The van der Waals surface area contributed by atoms with Crippen LogP contribution in [0.25, 0.3) is 22.2 Å². The van der Waals surface area contributed by atoms with Gasteiger partial charge in [0.2, 0.25) is 0 Å². The summed E-state index contributed by atoms with van der Waals surface area (Å²) in [6, 6.07) is 12.0. The van der Waals surface area contributed by atoms with Crippen molar-refractivity contribution in [1.82, 2.24) is 25.1 Å². The van der Waals surface area contributed by atoms with Crippen molar-refractivity contribution in [3.05, 3.63) is 72.2 Å². The number of anilines is 1. The second-order valence-corrected chi connectivity index (χ2v) is 5.84. The number of aromatic nitrogens is 5. The molecule has 0 aliphatic carbocycles. The monoisotopic (exact) mass is 346 g/mol. The molecule has 0 atom stereocenters. The fourth-order valence-corrected chi connectivity index (χ4v) is 2.57. The van der Waals surface area contributed by atoms with Crippen LogP contribution in [0.4, 0.5) is 10.2 Å². The van der Waals surface area contributed by atoms with Crippen LogP contribution < -0.4 is 5.32 Å². The summed E-state index contributed by atoms with van der Waals surface area (Å²) in [6.07, 6.45) is 3.18. The number of aryl methyl sites for hydroxylation is 1. The van der Waals surface area contributed by atoms with E-state index in [0.717, 1.165) is 33.5 Å². The van der Waals surface area contributed by atoms with E-state index in [4.69, 9.17) is 0 Å². The van der Waals surface area contributed by atoms with Gasteiger partial charge in [0, 0.05) is 10.9 Å². The maximum Gasteiger partial charge on any atom is 0.137 e. The van der Waals surface area contributed by atoms with Crippen LogP contribution in [-0.4, -0.2) is 25.1 Å². The topological polar surface area (TPSA) is 76.5 Å². The number of rotatable bonds is 4. The summed E-state index contributed by atoms with van der Waals surface area (Å²) >= 11 is 0. The highest BCUT2D eigenvalue weighted by Crippen LogP contribution is 2.25. The number of fused-ring (bicyclic) bond motifs is 1. The number of pyridine rings is 1. The van der Waals surface area contributed by atoms with E-state index in [0.29, 0.717) is 12.4 Å². The summed E-state index contributed by atoms with van der Waals surface area (Å²) in [5, 5.41) is 12.3. The summed E-state index contributed by atoms with van der Waals surface area (Å²) in [4.78, 5) is 13.0. The molecule has 4 aromatic rings. The van der Waals surface area contributed by atoms with Gasteiger partial charge in [0.15, 0.2) is 0 Å². The molecule has 128 valence electrons. The molecule has 26 heavy (non-hydrogen) atoms. The minimum atomic E-state index is -0.278. The molecule has 7 heteroatoms. The molecule has 0 radical (unpaired) electrons. The maximum atomic E-state index is 13.1. The van der Waals surface area contributed by atoms with E-state index in [-0.39, 0.29) is 5.82 Å². The van der Waals surface area contributed by atoms with Crippen LogP contribution in [0.2, 0.25) is 0 Å². The van der Waals surface area contributed by atoms with Gasteiger partial charge in [-0.3, -0.25) is 4.98 Å². The van der Waals surface area contributed by atoms with E-state index in [2.05, 4.69) is 30.5 Å². The molecule has 6 nitrogen and oxygen atoms in total. The first-order chi connectivity index (χ1) is 12.7. The van der Waals surface area contributed by atoms with Gasteiger partial charge < -0.3 is 5.32 Å². The lowest BCUT2D eigenvalue weighted by Gasteiger charge is -2.09. The van der Waals surface area contributed by atoms with Gasteiger partial charge in [0.25, 0.3) is 0 Å². The first-order valence-electron chi connectivity index (χ1n) is 8.09. The molecule has 0 aliphatic rings. The van der Waals surface area contributed by atoms with Gasteiger partial charge in [-0.05, 0) is 49.4 Å². The van der Waals surface area contributed by atoms with Crippen molar-refractivity contribution in [3.63, 3.8) is 0 Å². The van der Waals surface area contributed by atoms with Crippen LogP contribution in [0.3, 0.4) is 0 Å². The lowest BCUT2D eigenvalue weighted by molar-refractivity contribution is 0.628. The van der Waals surface area contributed by atoms with Gasteiger partial charge >= 0.3 is 0 Å². The molecule has 0 unspecified atom stereocenters. The normalized spacial score (nSPS) is 10.8. The van der Waals surface area contributed by atoms with Crippen molar-refractivity contribution in [1.29, 1.82) is 0 Å². The molecule has 0 spiro atoms. The zero-order chi connectivity index (χ0) is 17.9.